The van der Waals surface area contributed by atoms with Crippen molar-refractivity contribution in [1.29, 1.82) is 0 Å². The molecule has 0 radical (unpaired) electrons. The molecular formula is C20H21NO3S. The second-order valence-electron chi connectivity index (χ2n) is 6.01. The molecule has 3 rings (SSSR count). The summed E-state index contributed by atoms with van der Waals surface area (Å²) in [6.45, 7) is 2.72. The molecule has 4 nitrogen and oxygen atoms in total. The number of carbonyl (C=O) groups excluding carboxylic acids is 2. The maximum Gasteiger partial charge on any atom is 0.337 e. The highest BCUT2D eigenvalue weighted by Gasteiger charge is 2.27. The van der Waals surface area contributed by atoms with Crippen molar-refractivity contribution in [2.75, 3.05) is 18.6 Å². The van der Waals surface area contributed by atoms with Crippen LogP contribution in [0, 0.1) is 0 Å². The van der Waals surface area contributed by atoms with E-state index in [1.807, 2.05) is 42.2 Å². The van der Waals surface area contributed by atoms with Crippen LogP contribution in [0.15, 0.2) is 48.5 Å². The third kappa shape index (κ3) is 3.87. The third-order valence-electron chi connectivity index (χ3n) is 4.38. The first-order valence-corrected chi connectivity index (χ1v) is 9.33. The van der Waals surface area contributed by atoms with Gasteiger partial charge in [0.1, 0.15) is 0 Å². The predicted molar refractivity (Wildman–Crippen MR) is 101 cm³/mol. The standard InChI is InChI=1S/C20H21NO3S/c1-14(19(22)21-12-11-16-5-3-4-6-18(16)21)25-13-15-7-9-17(10-8-15)20(23)24-2/h3-10,14H,11-13H2,1-2H3. The average Bonchev–Trinajstić information content (AvgIpc) is 3.09. The number of benzene rings is 2. The van der Waals surface area contributed by atoms with Gasteiger partial charge in [0.2, 0.25) is 5.91 Å². The lowest BCUT2D eigenvalue weighted by molar-refractivity contribution is -0.117. The summed E-state index contributed by atoms with van der Waals surface area (Å²) >= 11 is 1.61. The zero-order chi connectivity index (χ0) is 17.8. The maximum atomic E-state index is 12.8. The number of carbonyl (C=O) groups is 2. The van der Waals surface area contributed by atoms with Crippen LogP contribution < -0.4 is 4.90 Å². The molecule has 2 aromatic carbocycles. The van der Waals surface area contributed by atoms with E-state index in [9.17, 15) is 9.59 Å². The quantitative estimate of drug-likeness (QED) is 0.768. The van der Waals surface area contributed by atoms with Crippen molar-refractivity contribution in [3.05, 3.63) is 65.2 Å². The van der Waals surface area contributed by atoms with Gasteiger partial charge in [-0.3, -0.25) is 4.79 Å². The van der Waals surface area contributed by atoms with Gasteiger partial charge in [0.25, 0.3) is 0 Å². The maximum absolute atomic E-state index is 12.8. The van der Waals surface area contributed by atoms with E-state index < -0.39 is 0 Å². The summed E-state index contributed by atoms with van der Waals surface area (Å²) in [6, 6.07) is 15.4. The molecule has 1 atom stereocenters. The minimum Gasteiger partial charge on any atom is -0.465 e. The molecule has 1 heterocycles. The van der Waals surface area contributed by atoms with Crippen LogP contribution in [0.5, 0.6) is 0 Å². The number of hydrogen-bond donors (Lipinski definition) is 0. The van der Waals surface area contributed by atoms with E-state index in [4.69, 9.17) is 4.74 Å². The topological polar surface area (TPSA) is 46.6 Å². The summed E-state index contributed by atoms with van der Waals surface area (Å²) in [5.74, 6) is 0.542. The fourth-order valence-corrected chi connectivity index (χ4v) is 3.84. The van der Waals surface area contributed by atoms with Crippen LogP contribution in [0.3, 0.4) is 0 Å². The molecule has 0 aromatic heterocycles. The summed E-state index contributed by atoms with van der Waals surface area (Å²) in [4.78, 5) is 26.1. The summed E-state index contributed by atoms with van der Waals surface area (Å²) < 4.78 is 4.70. The van der Waals surface area contributed by atoms with Gasteiger partial charge in [-0.1, -0.05) is 30.3 Å². The molecule has 1 amide bonds. The molecule has 0 N–H and O–H groups in total. The highest BCUT2D eigenvalue weighted by molar-refractivity contribution is 7.99. The van der Waals surface area contributed by atoms with Crippen molar-refractivity contribution in [2.45, 2.75) is 24.3 Å². The third-order valence-corrected chi connectivity index (χ3v) is 5.58. The molecular weight excluding hydrogens is 334 g/mol. The smallest absolute Gasteiger partial charge is 0.337 e. The molecule has 1 aliphatic heterocycles. The number of thioether (sulfide) groups is 1. The molecule has 0 saturated carbocycles. The van der Waals surface area contributed by atoms with Gasteiger partial charge in [-0.25, -0.2) is 4.79 Å². The van der Waals surface area contributed by atoms with Crippen LogP contribution in [-0.4, -0.2) is 30.8 Å². The first-order chi connectivity index (χ1) is 12.1. The van der Waals surface area contributed by atoms with Crippen LogP contribution in [0.2, 0.25) is 0 Å². The molecule has 0 bridgehead atoms. The second kappa shape index (κ2) is 7.74. The largest absolute Gasteiger partial charge is 0.465 e. The van der Waals surface area contributed by atoms with Crippen LogP contribution in [0.25, 0.3) is 0 Å². The molecule has 0 spiro atoms. The van der Waals surface area contributed by atoms with Crippen molar-refractivity contribution in [1.82, 2.24) is 0 Å². The number of esters is 1. The number of methoxy groups -OCH3 is 1. The molecule has 130 valence electrons. The van der Waals surface area contributed by atoms with Gasteiger partial charge >= 0.3 is 5.97 Å². The minimum absolute atomic E-state index is 0.119. The fraction of sp³-hybridized carbons (Fsp3) is 0.300. The van der Waals surface area contributed by atoms with Crippen LogP contribution in [0.1, 0.15) is 28.4 Å². The van der Waals surface area contributed by atoms with E-state index in [2.05, 4.69) is 6.07 Å². The van der Waals surface area contributed by atoms with Crippen molar-refractivity contribution in [3.63, 3.8) is 0 Å². The molecule has 5 heteroatoms. The highest BCUT2D eigenvalue weighted by Crippen LogP contribution is 2.30. The first-order valence-electron chi connectivity index (χ1n) is 8.28. The Kier molecular flexibility index (Phi) is 5.43. The van der Waals surface area contributed by atoms with Crippen LogP contribution in [0.4, 0.5) is 5.69 Å². The normalized spacial score (nSPS) is 14.1. The number of nitrogens with zero attached hydrogens (tertiary/aromatic N) is 1. The average molecular weight is 355 g/mol. The number of fused-ring (bicyclic) bond motifs is 1. The number of ether oxygens (including phenoxy) is 1. The second-order valence-corrected chi connectivity index (χ2v) is 7.34. The molecule has 2 aromatic rings. The predicted octanol–water partition coefficient (Wildman–Crippen LogP) is 3.68. The zero-order valence-electron chi connectivity index (χ0n) is 14.4. The summed E-state index contributed by atoms with van der Waals surface area (Å²) in [5.41, 5.74) is 3.90. The Balaban J connectivity index is 1.58. The van der Waals surface area contributed by atoms with Gasteiger partial charge in [-0.05, 0) is 42.7 Å². The van der Waals surface area contributed by atoms with E-state index in [0.29, 0.717) is 5.56 Å². The highest BCUT2D eigenvalue weighted by atomic mass is 32.2. The number of amides is 1. The Morgan fingerprint density at radius 3 is 2.60 bits per heavy atom. The lowest BCUT2D eigenvalue weighted by atomic mass is 10.1. The van der Waals surface area contributed by atoms with Gasteiger partial charge in [-0.2, -0.15) is 0 Å². The van der Waals surface area contributed by atoms with E-state index >= 15 is 0 Å². The Morgan fingerprint density at radius 2 is 1.88 bits per heavy atom. The number of hydrogen-bond acceptors (Lipinski definition) is 4. The van der Waals surface area contributed by atoms with E-state index in [1.54, 1.807) is 23.9 Å². The number of anilines is 1. The van der Waals surface area contributed by atoms with Gasteiger partial charge in [-0.15, -0.1) is 11.8 Å². The van der Waals surface area contributed by atoms with Gasteiger partial charge < -0.3 is 9.64 Å². The first kappa shape index (κ1) is 17.5. The molecule has 0 fully saturated rings. The van der Waals surface area contributed by atoms with Gasteiger partial charge in [0, 0.05) is 18.0 Å². The Labute approximate surface area is 152 Å². The van der Waals surface area contributed by atoms with Crippen molar-refractivity contribution >= 4 is 29.3 Å². The Bertz CT molecular complexity index is 773. The number of para-hydroxylation sites is 1. The zero-order valence-corrected chi connectivity index (χ0v) is 15.2. The Hall–Kier alpha value is -2.27. The molecule has 25 heavy (non-hydrogen) atoms. The van der Waals surface area contributed by atoms with Crippen molar-refractivity contribution in [3.8, 4) is 0 Å². The van der Waals surface area contributed by atoms with E-state index in [1.165, 1.54) is 12.7 Å². The van der Waals surface area contributed by atoms with Gasteiger partial charge in [0.15, 0.2) is 0 Å². The van der Waals surface area contributed by atoms with E-state index in [-0.39, 0.29) is 17.1 Å². The summed E-state index contributed by atoms with van der Waals surface area (Å²) in [6.07, 6.45) is 0.925. The number of rotatable bonds is 5. The summed E-state index contributed by atoms with van der Waals surface area (Å²) in [7, 11) is 1.37. The Morgan fingerprint density at radius 1 is 1.16 bits per heavy atom. The van der Waals surface area contributed by atoms with Crippen LogP contribution >= 0.6 is 11.8 Å². The molecule has 0 aliphatic carbocycles. The SMILES string of the molecule is COC(=O)c1ccc(CSC(C)C(=O)N2CCc3ccccc32)cc1. The lowest BCUT2D eigenvalue weighted by Crippen LogP contribution is -2.35. The monoisotopic (exact) mass is 355 g/mol. The minimum atomic E-state index is -0.338. The molecule has 0 saturated heterocycles. The lowest BCUT2D eigenvalue weighted by Gasteiger charge is -2.21. The molecule has 1 unspecified atom stereocenters. The van der Waals surface area contributed by atoms with Gasteiger partial charge in [0.05, 0.1) is 17.9 Å². The fourth-order valence-electron chi connectivity index (χ4n) is 2.93. The summed E-state index contributed by atoms with van der Waals surface area (Å²) in [5, 5.41) is -0.119. The van der Waals surface area contributed by atoms with Crippen molar-refractivity contribution < 1.29 is 14.3 Å². The van der Waals surface area contributed by atoms with Crippen LogP contribution in [-0.2, 0) is 21.7 Å². The molecule has 1 aliphatic rings. The van der Waals surface area contributed by atoms with E-state index in [0.717, 1.165) is 30.0 Å². The van der Waals surface area contributed by atoms with Crippen molar-refractivity contribution in [2.24, 2.45) is 0 Å².